The van der Waals surface area contributed by atoms with Gasteiger partial charge in [0.25, 0.3) is 5.91 Å². The average molecular weight is 466 g/mol. The summed E-state index contributed by atoms with van der Waals surface area (Å²) in [5, 5.41) is 6.53. The van der Waals surface area contributed by atoms with E-state index in [1.165, 1.54) is 0 Å². The maximum atomic E-state index is 12.4. The zero-order valence-corrected chi connectivity index (χ0v) is 18.8. The van der Waals surface area contributed by atoms with Crippen LogP contribution in [0.1, 0.15) is 28.7 Å². The molecule has 0 unspecified atom stereocenters. The molecule has 1 heterocycles. The van der Waals surface area contributed by atoms with Crippen LogP contribution in [0.4, 0.5) is 5.69 Å². The highest BCUT2D eigenvalue weighted by Crippen LogP contribution is 2.22. The summed E-state index contributed by atoms with van der Waals surface area (Å²) < 4.78 is 11.2. The van der Waals surface area contributed by atoms with Crippen molar-refractivity contribution in [2.24, 2.45) is 0 Å². The van der Waals surface area contributed by atoms with E-state index < -0.39 is 0 Å². The van der Waals surface area contributed by atoms with Gasteiger partial charge in [-0.05, 0) is 73.2 Å². The summed E-state index contributed by atoms with van der Waals surface area (Å²) in [6, 6.07) is 20.0. The molecule has 4 aromatic rings. The van der Waals surface area contributed by atoms with Crippen LogP contribution < -0.4 is 15.4 Å². The SMILES string of the molecule is CCOc1cccc(C(=O)NC(=S)Nc2ccc(Cc3nc4cc(Cl)ccc4o3)cc2)c1. The van der Waals surface area contributed by atoms with Crippen LogP contribution in [0.15, 0.2) is 71.1 Å². The Morgan fingerprint density at radius 2 is 1.94 bits per heavy atom. The van der Waals surface area contributed by atoms with Gasteiger partial charge in [-0.25, -0.2) is 4.98 Å². The second kappa shape index (κ2) is 9.80. The number of carbonyl (C=O) groups excluding carboxylic acids is 1. The summed E-state index contributed by atoms with van der Waals surface area (Å²) in [4.78, 5) is 16.9. The summed E-state index contributed by atoms with van der Waals surface area (Å²) in [6.45, 7) is 2.42. The van der Waals surface area contributed by atoms with Crippen LogP contribution in [0.5, 0.6) is 5.75 Å². The van der Waals surface area contributed by atoms with Gasteiger partial charge in [-0.2, -0.15) is 0 Å². The summed E-state index contributed by atoms with van der Waals surface area (Å²) in [5.41, 5.74) is 3.69. The summed E-state index contributed by atoms with van der Waals surface area (Å²) in [5.74, 6) is 0.938. The average Bonchev–Trinajstić information content (AvgIpc) is 3.17. The Hall–Kier alpha value is -3.42. The lowest BCUT2D eigenvalue weighted by Gasteiger charge is -2.11. The zero-order chi connectivity index (χ0) is 22.5. The first-order valence-electron chi connectivity index (χ1n) is 9.99. The van der Waals surface area contributed by atoms with E-state index in [4.69, 9.17) is 33.0 Å². The van der Waals surface area contributed by atoms with E-state index in [2.05, 4.69) is 15.6 Å². The smallest absolute Gasteiger partial charge is 0.257 e. The fourth-order valence-electron chi connectivity index (χ4n) is 3.14. The number of thiocarbonyl (C=S) groups is 1. The third-order valence-corrected chi connectivity index (χ3v) is 5.03. The van der Waals surface area contributed by atoms with Crippen molar-refractivity contribution < 1.29 is 13.9 Å². The Balaban J connectivity index is 1.35. The Morgan fingerprint density at radius 3 is 2.72 bits per heavy atom. The van der Waals surface area contributed by atoms with Crippen molar-refractivity contribution in [1.82, 2.24) is 10.3 Å². The minimum Gasteiger partial charge on any atom is -0.494 e. The topological polar surface area (TPSA) is 76.4 Å². The lowest BCUT2D eigenvalue weighted by Crippen LogP contribution is -2.34. The summed E-state index contributed by atoms with van der Waals surface area (Å²) in [6.07, 6.45) is 0.546. The highest BCUT2D eigenvalue weighted by atomic mass is 35.5. The number of anilines is 1. The number of nitrogens with zero attached hydrogens (tertiary/aromatic N) is 1. The van der Waals surface area contributed by atoms with Crippen molar-refractivity contribution >= 4 is 51.6 Å². The Labute approximate surface area is 195 Å². The van der Waals surface area contributed by atoms with Crippen LogP contribution in [-0.2, 0) is 6.42 Å². The van der Waals surface area contributed by atoms with E-state index in [0.717, 1.165) is 16.8 Å². The first-order valence-corrected chi connectivity index (χ1v) is 10.8. The number of oxazole rings is 1. The third kappa shape index (κ3) is 5.43. The predicted octanol–water partition coefficient (Wildman–Crippen LogP) is 5.60. The number of ether oxygens (including phenoxy) is 1. The molecule has 162 valence electrons. The van der Waals surface area contributed by atoms with Gasteiger partial charge < -0.3 is 14.5 Å². The molecule has 0 saturated carbocycles. The number of hydrogen-bond donors (Lipinski definition) is 2. The molecule has 8 heteroatoms. The number of fused-ring (bicyclic) bond motifs is 1. The van der Waals surface area contributed by atoms with Gasteiger partial charge in [-0.15, -0.1) is 0 Å². The van der Waals surface area contributed by atoms with Gasteiger partial charge in [0.2, 0.25) is 0 Å². The largest absolute Gasteiger partial charge is 0.494 e. The second-order valence-electron chi connectivity index (χ2n) is 6.96. The van der Waals surface area contributed by atoms with Crippen molar-refractivity contribution in [3.05, 3.63) is 88.8 Å². The van der Waals surface area contributed by atoms with E-state index in [1.54, 1.807) is 36.4 Å². The van der Waals surface area contributed by atoms with Crippen molar-refractivity contribution in [2.45, 2.75) is 13.3 Å². The zero-order valence-electron chi connectivity index (χ0n) is 17.2. The minimum absolute atomic E-state index is 0.209. The number of hydrogen-bond acceptors (Lipinski definition) is 5. The van der Waals surface area contributed by atoms with E-state index in [1.807, 2.05) is 37.3 Å². The summed E-state index contributed by atoms with van der Waals surface area (Å²) >= 11 is 11.3. The van der Waals surface area contributed by atoms with Crippen LogP contribution in [0, 0.1) is 0 Å². The normalized spacial score (nSPS) is 10.7. The van der Waals surface area contributed by atoms with Gasteiger partial charge in [0.05, 0.1) is 6.61 Å². The van der Waals surface area contributed by atoms with Gasteiger partial charge in [-0.1, -0.05) is 29.8 Å². The summed E-state index contributed by atoms with van der Waals surface area (Å²) in [7, 11) is 0. The molecule has 0 aliphatic heterocycles. The highest BCUT2D eigenvalue weighted by Gasteiger charge is 2.10. The molecule has 1 amide bonds. The molecule has 1 aromatic heterocycles. The van der Waals surface area contributed by atoms with E-state index in [9.17, 15) is 4.79 Å². The highest BCUT2D eigenvalue weighted by molar-refractivity contribution is 7.80. The third-order valence-electron chi connectivity index (χ3n) is 4.60. The predicted molar refractivity (Wildman–Crippen MR) is 130 cm³/mol. The maximum Gasteiger partial charge on any atom is 0.257 e. The Morgan fingerprint density at radius 1 is 1.12 bits per heavy atom. The number of amides is 1. The molecule has 0 spiro atoms. The number of halogens is 1. The van der Waals surface area contributed by atoms with Gasteiger partial charge in [-0.3, -0.25) is 10.1 Å². The quantitative estimate of drug-likeness (QED) is 0.361. The second-order valence-corrected chi connectivity index (χ2v) is 7.81. The van der Waals surface area contributed by atoms with Crippen LogP contribution in [0.3, 0.4) is 0 Å². The fourth-order valence-corrected chi connectivity index (χ4v) is 3.51. The van der Waals surface area contributed by atoms with E-state index in [0.29, 0.717) is 40.8 Å². The molecule has 0 aliphatic carbocycles. The van der Waals surface area contributed by atoms with Crippen LogP contribution in [0.2, 0.25) is 5.02 Å². The van der Waals surface area contributed by atoms with Crippen molar-refractivity contribution in [1.29, 1.82) is 0 Å². The molecule has 32 heavy (non-hydrogen) atoms. The van der Waals surface area contributed by atoms with Crippen molar-refractivity contribution in [3.63, 3.8) is 0 Å². The lowest BCUT2D eigenvalue weighted by molar-refractivity contribution is 0.0977. The number of carbonyl (C=O) groups is 1. The molecule has 0 bridgehead atoms. The molecule has 3 aromatic carbocycles. The van der Waals surface area contributed by atoms with Gasteiger partial charge in [0.15, 0.2) is 16.6 Å². The van der Waals surface area contributed by atoms with Crippen LogP contribution in [0.25, 0.3) is 11.1 Å². The molecular formula is C24H20ClN3O3S. The molecular weight excluding hydrogens is 446 g/mol. The van der Waals surface area contributed by atoms with Crippen molar-refractivity contribution in [2.75, 3.05) is 11.9 Å². The minimum atomic E-state index is -0.309. The molecule has 0 radical (unpaired) electrons. The number of benzene rings is 3. The maximum absolute atomic E-state index is 12.4. The number of nitrogens with one attached hydrogen (secondary N) is 2. The molecule has 6 nitrogen and oxygen atoms in total. The first kappa shape index (κ1) is 21.8. The molecule has 0 atom stereocenters. The first-order chi connectivity index (χ1) is 15.5. The molecule has 0 aliphatic rings. The molecule has 4 rings (SSSR count). The molecule has 0 fully saturated rings. The number of rotatable bonds is 6. The Kier molecular flexibility index (Phi) is 6.68. The van der Waals surface area contributed by atoms with Crippen LogP contribution in [-0.4, -0.2) is 22.6 Å². The molecule has 2 N–H and O–H groups in total. The fraction of sp³-hybridized carbons (Fsp3) is 0.125. The standard InChI is InChI=1S/C24H20ClN3O3S/c1-2-30-19-5-3-4-16(13-19)23(29)28-24(32)26-18-9-6-15(7-10-18)12-22-27-20-14-17(25)8-11-21(20)31-22/h3-11,13-14H,2,12H2,1H3,(H2,26,28,29,32). The van der Waals surface area contributed by atoms with E-state index >= 15 is 0 Å². The van der Waals surface area contributed by atoms with E-state index in [-0.39, 0.29) is 11.0 Å². The monoisotopic (exact) mass is 465 g/mol. The van der Waals surface area contributed by atoms with Gasteiger partial charge in [0, 0.05) is 22.7 Å². The Bertz CT molecular complexity index is 1270. The van der Waals surface area contributed by atoms with Gasteiger partial charge in [0.1, 0.15) is 11.3 Å². The van der Waals surface area contributed by atoms with Gasteiger partial charge >= 0.3 is 0 Å². The van der Waals surface area contributed by atoms with Crippen LogP contribution >= 0.6 is 23.8 Å². The number of aromatic nitrogens is 1. The molecule has 0 saturated heterocycles. The lowest BCUT2D eigenvalue weighted by atomic mass is 10.1. The van der Waals surface area contributed by atoms with Crippen molar-refractivity contribution in [3.8, 4) is 5.75 Å².